The number of benzene rings is 1. The summed E-state index contributed by atoms with van der Waals surface area (Å²) in [7, 11) is 1.61. The average molecular weight is 192 g/mol. The van der Waals surface area contributed by atoms with Gasteiger partial charge in [-0.25, -0.2) is 4.79 Å². The minimum absolute atomic E-state index is 0.172. The first-order valence-electron chi connectivity index (χ1n) is 4.76. The van der Waals surface area contributed by atoms with Crippen LogP contribution >= 0.6 is 0 Å². The van der Waals surface area contributed by atoms with Gasteiger partial charge in [0.25, 0.3) is 0 Å². The SMILES string of the molecule is CCc1cccc(C)c1NC(=O)NC. The molecule has 0 aliphatic heterocycles. The highest BCUT2D eigenvalue weighted by Gasteiger charge is 2.06. The third-order valence-corrected chi connectivity index (χ3v) is 2.21. The number of hydrogen-bond donors (Lipinski definition) is 2. The first kappa shape index (κ1) is 10.6. The van der Waals surface area contributed by atoms with E-state index in [1.54, 1.807) is 7.05 Å². The molecule has 2 amide bonds. The molecule has 2 N–H and O–H groups in total. The van der Waals surface area contributed by atoms with E-state index in [0.717, 1.165) is 23.2 Å². The summed E-state index contributed by atoms with van der Waals surface area (Å²) in [5.74, 6) is 0. The van der Waals surface area contributed by atoms with Crippen LogP contribution in [0.4, 0.5) is 10.5 Å². The molecule has 0 aliphatic rings. The largest absolute Gasteiger partial charge is 0.341 e. The molecule has 0 unspecified atom stereocenters. The molecule has 14 heavy (non-hydrogen) atoms. The molecular weight excluding hydrogens is 176 g/mol. The van der Waals surface area contributed by atoms with Gasteiger partial charge in [-0.3, -0.25) is 0 Å². The van der Waals surface area contributed by atoms with Crippen molar-refractivity contribution in [3.8, 4) is 0 Å². The van der Waals surface area contributed by atoms with Crippen LogP contribution in [-0.2, 0) is 6.42 Å². The quantitative estimate of drug-likeness (QED) is 0.741. The lowest BCUT2D eigenvalue weighted by Crippen LogP contribution is -2.25. The molecule has 0 radical (unpaired) electrons. The highest BCUT2D eigenvalue weighted by atomic mass is 16.2. The predicted molar refractivity (Wildman–Crippen MR) is 58.6 cm³/mol. The van der Waals surface area contributed by atoms with Crippen molar-refractivity contribution in [1.29, 1.82) is 0 Å². The Morgan fingerprint density at radius 1 is 1.43 bits per heavy atom. The molecule has 1 aromatic rings. The monoisotopic (exact) mass is 192 g/mol. The van der Waals surface area contributed by atoms with Crippen molar-refractivity contribution in [2.75, 3.05) is 12.4 Å². The van der Waals surface area contributed by atoms with Gasteiger partial charge in [-0.15, -0.1) is 0 Å². The van der Waals surface area contributed by atoms with Crippen molar-refractivity contribution in [2.24, 2.45) is 0 Å². The number of amides is 2. The Morgan fingerprint density at radius 2 is 2.14 bits per heavy atom. The number of rotatable bonds is 2. The summed E-state index contributed by atoms with van der Waals surface area (Å²) in [5.41, 5.74) is 3.18. The zero-order chi connectivity index (χ0) is 10.6. The van der Waals surface area contributed by atoms with Crippen LogP contribution in [-0.4, -0.2) is 13.1 Å². The zero-order valence-corrected chi connectivity index (χ0v) is 8.85. The van der Waals surface area contributed by atoms with Gasteiger partial charge in [0.05, 0.1) is 0 Å². The molecule has 0 atom stereocenters. The van der Waals surface area contributed by atoms with Gasteiger partial charge < -0.3 is 10.6 Å². The first-order valence-corrected chi connectivity index (χ1v) is 4.76. The number of para-hydroxylation sites is 1. The van der Waals surface area contributed by atoms with Gasteiger partial charge in [0.1, 0.15) is 0 Å². The molecule has 76 valence electrons. The number of anilines is 1. The van der Waals surface area contributed by atoms with Gasteiger partial charge in [0.2, 0.25) is 0 Å². The van der Waals surface area contributed by atoms with Crippen molar-refractivity contribution in [3.05, 3.63) is 29.3 Å². The van der Waals surface area contributed by atoms with E-state index >= 15 is 0 Å². The van der Waals surface area contributed by atoms with Crippen LogP contribution in [0.25, 0.3) is 0 Å². The van der Waals surface area contributed by atoms with E-state index in [2.05, 4.69) is 17.6 Å². The summed E-state index contributed by atoms with van der Waals surface area (Å²) in [4.78, 5) is 11.2. The fourth-order valence-corrected chi connectivity index (χ4v) is 1.38. The second-order valence-corrected chi connectivity index (χ2v) is 3.17. The Morgan fingerprint density at radius 3 is 2.71 bits per heavy atom. The number of carbonyl (C=O) groups excluding carboxylic acids is 1. The molecule has 0 fully saturated rings. The third kappa shape index (κ3) is 2.25. The summed E-state index contributed by atoms with van der Waals surface area (Å²) in [6, 6.07) is 5.85. The Balaban J connectivity index is 2.98. The van der Waals surface area contributed by atoms with Crippen LogP contribution in [0, 0.1) is 6.92 Å². The van der Waals surface area contributed by atoms with Crippen LogP contribution in [0.1, 0.15) is 18.1 Å². The zero-order valence-electron chi connectivity index (χ0n) is 8.85. The lowest BCUT2D eigenvalue weighted by molar-refractivity contribution is 0.254. The number of carbonyl (C=O) groups is 1. The Bertz CT molecular complexity index is 334. The van der Waals surface area contributed by atoms with Crippen molar-refractivity contribution < 1.29 is 4.79 Å². The molecule has 1 aromatic carbocycles. The summed E-state index contributed by atoms with van der Waals surface area (Å²) in [6.45, 7) is 4.06. The van der Waals surface area contributed by atoms with E-state index in [1.165, 1.54) is 0 Å². The molecule has 3 heteroatoms. The Kier molecular flexibility index (Phi) is 3.51. The molecular formula is C11H16N2O. The molecule has 3 nitrogen and oxygen atoms in total. The van der Waals surface area contributed by atoms with E-state index in [1.807, 2.05) is 25.1 Å². The highest BCUT2D eigenvalue weighted by Crippen LogP contribution is 2.20. The van der Waals surface area contributed by atoms with Gasteiger partial charge in [-0.05, 0) is 24.5 Å². The first-order chi connectivity index (χ1) is 6.69. The molecule has 0 aromatic heterocycles. The number of aryl methyl sites for hydroxylation is 2. The smallest absolute Gasteiger partial charge is 0.318 e. The highest BCUT2D eigenvalue weighted by molar-refractivity contribution is 5.90. The minimum Gasteiger partial charge on any atom is -0.341 e. The molecule has 0 spiro atoms. The van der Waals surface area contributed by atoms with Crippen LogP contribution in [0.2, 0.25) is 0 Å². The fraction of sp³-hybridized carbons (Fsp3) is 0.364. The Hall–Kier alpha value is -1.51. The van der Waals surface area contributed by atoms with Gasteiger partial charge in [0.15, 0.2) is 0 Å². The molecule has 0 bridgehead atoms. The second-order valence-electron chi connectivity index (χ2n) is 3.17. The van der Waals surface area contributed by atoms with Crippen molar-refractivity contribution >= 4 is 11.7 Å². The molecule has 0 aliphatic carbocycles. The fourth-order valence-electron chi connectivity index (χ4n) is 1.38. The normalized spacial score (nSPS) is 9.64. The minimum atomic E-state index is -0.172. The summed E-state index contributed by atoms with van der Waals surface area (Å²) in [5, 5.41) is 5.37. The van der Waals surface area contributed by atoms with Crippen molar-refractivity contribution in [1.82, 2.24) is 5.32 Å². The van der Waals surface area contributed by atoms with E-state index in [0.29, 0.717) is 0 Å². The lowest BCUT2D eigenvalue weighted by atomic mass is 10.1. The van der Waals surface area contributed by atoms with Crippen LogP contribution in [0.3, 0.4) is 0 Å². The second kappa shape index (κ2) is 4.65. The van der Waals surface area contributed by atoms with E-state index in [9.17, 15) is 4.79 Å². The van der Waals surface area contributed by atoms with Gasteiger partial charge in [-0.1, -0.05) is 25.1 Å². The predicted octanol–water partition coefficient (Wildman–Crippen LogP) is 2.31. The number of hydrogen-bond acceptors (Lipinski definition) is 1. The van der Waals surface area contributed by atoms with Gasteiger partial charge in [-0.2, -0.15) is 0 Å². The van der Waals surface area contributed by atoms with E-state index in [-0.39, 0.29) is 6.03 Å². The van der Waals surface area contributed by atoms with E-state index in [4.69, 9.17) is 0 Å². The standard InChI is InChI=1S/C11H16N2O/c1-4-9-7-5-6-8(2)10(9)13-11(14)12-3/h5-7H,4H2,1-3H3,(H2,12,13,14). The maximum absolute atomic E-state index is 11.2. The Labute approximate surface area is 84.5 Å². The molecule has 0 heterocycles. The van der Waals surface area contributed by atoms with Crippen LogP contribution < -0.4 is 10.6 Å². The average Bonchev–Trinajstić information content (AvgIpc) is 2.20. The van der Waals surface area contributed by atoms with Gasteiger partial charge >= 0.3 is 6.03 Å². The lowest BCUT2D eigenvalue weighted by Gasteiger charge is -2.12. The maximum atomic E-state index is 11.2. The van der Waals surface area contributed by atoms with E-state index < -0.39 is 0 Å². The topological polar surface area (TPSA) is 41.1 Å². The molecule has 0 saturated carbocycles. The number of urea groups is 1. The molecule has 1 rings (SSSR count). The van der Waals surface area contributed by atoms with Crippen molar-refractivity contribution in [3.63, 3.8) is 0 Å². The van der Waals surface area contributed by atoms with Gasteiger partial charge in [0, 0.05) is 12.7 Å². The molecule has 0 saturated heterocycles. The van der Waals surface area contributed by atoms with Crippen LogP contribution in [0.5, 0.6) is 0 Å². The van der Waals surface area contributed by atoms with Crippen LogP contribution in [0.15, 0.2) is 18.2 Å². The summed E-state index contributed by atoms with van der Waals surface area (Å²) >= 11 is 0. The summed E-state index contributed by atoms with van der Waals surface area (Å²) in [6.07, 6.45) is 0.918. The van der Waals surface area contributed by atoms with Crippen molar-refractivity contribution in [2.45, 2.75) is 20.3 Å². The maximum Gasteiger partial charge on any atom is 0.318 e. The third-order valence-electron chi connectivity index (χ3n) is 2.21. The summed E-state index contributed by atoms with van der Waals surface area (Å²) < 4.78 is 0. The number of nitrogens with one attached hydrogen (secondary N) is 2.